The van der Waals surface area contributed by atoms with Crippen molar-refractivity contribution in [3.8, 4) is 11.4 Å². The predicted molar refractivity (Wildman–Crippen MR) is 134 cm³/mol. The van der Waals surface area contributed by atoms with Gasteiger partial charge in [-0.3, -0.25) is 4.79 Å². The van der Waals surface area contributed by atoms with E-state index in [1.54, 1.807) is 18.3 Å². The molecular formula is C28H31FN4O2. The Balaban J connectivity index is 1.34. The molecule has 7 heteroatoms. The fourth-order valence-electron chi connectivity index (χ4n) is 4.92. The molecule has 5 rings (SSSR count). The zero-order valence-corrected chi connectivity index (χ0v) is 19.8. The van der Waals surface area contributed by atoms with Crippen molar-refractivity contribution in [3.05, 3.63) is 77.7 Å². The minimum absolute atomic E-state index is 0.0653. The Morgan fingerprint density at radius 1 is 1.06 bits per heavy atom. The summed E-state index contributed by atoms with van der Waals surface area (Å²) < 4.78 is 19.1. The molecule has 2 aromatic carbocycles. The molecule has 182 valence electrons. The summed E-state index contributed by atoms with van der Waals surface area (Å²) in [6, 6.07) is 16.7. The van der Waals surface area contributed by atoms with Gasteiger partial charge in [0.05, 0.1) is 6.10 Å². The van der Waals surface area contributed by atoms with E-state index in [2.05, 4.69) is 39.5 Å². The van der Waals surface area contributed by atoms with Crippen molar-refractivity contribution in [1.82, 2.24) is 15.3 Å². The van der Waals surface area contributed by atoms with Crippen LogP contribution in [0.4, 0.5) is 10.2 Å². The van der Waals surface area contributed by atoms with Crippen LogP contribution in [0.1, 0.15) is 41.6 Å². The first-order chi connectivity index (χ1) is 17.2. The molecule has 35 heavy (non-hydrogen) atoms. The van der Waals surface area contributed by atoms with Gasteiger partial charge in [0, 0.05) is 38.0 Å². The molecule has 0 aliphatic carbocycles. The van der Waals surface area contributed by atoms with E-state index < -0.39 is 0 Å². The number of halogens is 1. The lowest BCUT2D eigenvalue weighted by molar-refractivity contribution is 0.0857. The van der Waals surface area contributed by atoms with Crippen LogP contribution in [-0.2, 0) is 11.2 Å². The van der Waals surface area contributed by atoms with Crippen molar-refractivity contribution in [3.63, 3.8) is 0 Å². The number of rotatable bonds is 7. The highest BCUT2D eigenvalue weighted by molar-refractivity contribution is 5.99. The first kappa shape index (κ1) is 23.4. The van der Waals surface area contributed by atoms with E-state index in [1.165, 1.54) is 17.7 Å². The zero-order valence-electron chi connectivity index (χ0n) is 19.8. The molecule has 0 bridgehead atoms. The van der Waals surface area contributed by atoms with Crippen molar-refractivity contribution in [2.75, 3.05) is 31.1 Å². The molecule has 2 aliphatic rings. The van der Waals surface area contributed by atoms with E-state index in [0.717, 1.165) is 57.4 Å². The maximum atomic E-state index is 13.4. The number of benzene rings is 2. The molecule has 0 radical (unpaired) electrons. The highest BCUT2D eigenvalue weighted by Gasteiger charge is 2.26. The zero-order chi connectivity index (χ0) is 24.0. The topological polar surface area (TPSA) is 67.3 Å². The summed E-state index contributed by atoms with van der Waals surface area (Å²) in [5.41, 5.74) is 2.55. The standard InChI is InChI=1S/C28H31FN4O2/c29-23-10-8-22(9-11-23)26-30-19-25(28(34)31-18-24-7-4-16-35-24)27(32-26)33-14-12-21(13-15-33)17-20-5-2-1-3-6-20/h1-3,5-6,8-11,19,21,24H,4,7,12-18H2,(H,31,34)/t24-/m0/s1. The highest BCUT2D eigenvalue weighted by Crippen LogP contribution is 2.29. The van der Waals surface area contributed by atoms with E-state index in [-0.39, 0.29) is 17.8 Å². The largest absolute Gasteiger partial charge is 0.376 e. The van der Waals surface area contributed by atoms with Gasteiger partial charge in [0.1, 0.15) is 17.2 Å². The number of piperidine rings is 1. The first-order valence-electron chi connectivity index (χ1n) is 12.5. The van der Waals surface area contributed by atoms with E-state index in [0.29, 0.717) is 29.7 Å². The third-order valence-electron chi connectivity index (χ3n) is 6.91. The molecule has 3 heterocycles. The predicted octanol–water partition coefficient (Wildman–Crippen LogP) is 4.65. The van der Waals surface area contributed by atoms with Crippen molar-refractivity contribution in [2.45, 2.75) is 38.2 Å². The lowest BCUT2D eigenvalue weighted by Gasteiger charge is -2.34. The van der Waals surface area contributed by atoms with Gasteiger partial charge >= 0.3 is 0 Å². The number of nitrogens with one attached hydrogen (secondary N) is 1. The van der Waals surface area contributed by atoms with Crippen LogP contribution in [0.3, 0.4) is 0 Å². The van der Waals surface area contributed by atoms with Crippen LogP contribution in [0, 0.1) is 11.7 Å². The molecule has 6 nitrogen and oxygen atoms in total. The van der Waals surface area contributed by atoms with Crippen LogP contribution in [0.5, 0.6) is 0 Å². The summed E-state index contributed by atoms with van der Waals surface area (Å²) in [7, 11) is 0. The average molecular weight is 475 g/mol. The Hall–Kier alpha value is -3.32. The van der Waals surface area contributed by atoms with Crippen LogP contribution in [0.25, 0.3) is 11.4 Å². The maximum absolute atomic E-state index is 13.4. The second kappa shape index (κ2) is 11.0. The summed E-state index contributed by atoms with van der Waals surface area (Å²) in [4.78, 5) is 24.6. The summed E-state index contributed by atoms with van der Waals surface area (Å²) >= 11 is 0. The fraction of sp³-hybridized carbons (Fsp3) is 0.393. The highest BCUT2D eigenvalue weighted by atomic mass is 19.1. The van der Waals surface area contributed by atoms with Crippen LogP contribution in [0.15, 0.2) is 60.8 Å². The minimum atomic E-state index is -0.306. The van der Waals surface area contributed by atoms with Crippen molar-refractivity contribution < 1.29 is 13.9 Å². The van der Waals surface area contributed by atoms with Gasteiger partial charge in [-0.05, 0) is 67.9 Å². The summed E-state index contributed by atoms with van der Waals surface area (Å²) in [6.07, 6.45) is 6.77. The second-order valence-corrected chi connectivity index (χ2v) is 9.40. The Labute approximate surface area is 205 Å². The molecule has 1 N–H and O–H groups in total. The van der Waals surface area contributed by atoms with Crippen LogP contribution in [0.2, 0.25) is 0 Å². The van der Waals surface area contributed by atoms with Crippen molar-refractivity contribution in [2.24, 2.45) is 5.92 Å². The monoisotopic (exact) mass is 474 g/mol. The minimum Gasteiger partial charge on any atom is -0.376 e. The molecule has 0 spiro atoms. The smallest absolute Gasteiger partial charge is 0.256 e. The van der Waals surface area contributed by atoms with Crippen molar-refractivity contribution in [1.29, 1.82) is 0 Å². The molecule has 1 aromatic heterocycles. The lowest BCUT2D eigenvalue weighted by Crippen LogP contribution is -2.38. The first-order valence-corrected chi connectivity index (χ1v) is 12.5. The second-order valence-electron chi connectivity index (χ2n) is 9.40. The van der Waals surface area contributed by atoms with Crippen LogP contribution in [-0.4, -0.2) is 48.2 Å². The van der Waals surface area contributed by atoms with Gasteiger partial charge in [-0.25, -0.2) is 14.4 Å². The summed E-state index contributed by atoms with van der Waals surface area (Å²) in [6.45, 7) is 2.88. The van der Waals surface area contributed by atoms with Crippen LogP contribution < -0.4 is 10.2 Å². The Kier molecular flexibility index (Phi) is 7.33. The van der Waals surface area contributed by atoms with Gasteiger partial charge in [-0.2, -0.15) is 0 Å². The summed E-state index contributed by atoms with van der Waals surface area (Å²) in [5.74, 6) is 1.24. The number of nitrogens with zero attached hydrogens (tertiary/aromatic N) is 3. The molecule has 2 saturated heterocycles. The van der Waals surface area contributed by atoms with Gasteiger partial charge < -0.3 is 15.0 Å². The summed E-state index contributed by atoms with van der Waals surface area (Å²) in [5, 5.41) is 3.01. The van der Waals surface area contributed by atoms with Gasteiger partial charge in [-0.15, -0.1) is 0 Å². The van der Waals surface area contributed by atoms with E-state index in [1.807, 2.05) is 6.07 Å². The van der Waals surface area contributed by atoms with E-state index >= 15 is 0 Å². The van der Waals surface area contributed by atoms with Crippen LogP contribution >= 0.6 is 0 Å². The number of ether oxygens (including phenoxy) is 1. The number of aromatic nitrogens is 2. The van der Waals surface area contributed by atoms with Gasteiger partial charge in [0.25, 0.3) is 5.91 Å². The fourth-order valence-corrected chi connectivity index (χ4v) is 4.92. The molecule has 2 aliphatic heterocycles. The normalized spacial score (nSPS) is 18.5. The molecule has 1 amide bonds. The average Bonchev–Trinajstić information content (AvgIpc) is 3.42. The van der Waals surface area contributed by atoms with Gasteiger partial charge in [0.2, 0.25) is 0 Å². The Bertz CT molecular complexity index is 1130. The quantitative estimate of drug-likeness (QED) is 0.540. The number of carbonyl (C=O) groups excluding carboxylic acids is 1. The number of carbonyl (C=O) groups is 1. The maximum Gasteiger partial charge on any atom is 0.256 e. The van der Waals surface area contributed by atoms with E-state index in [9.17, 15) is 9.18 Å². The SMILES string of the molecule is O=C(NC[C@@H]1CCCO1)c1cnc(-c2ccc(F)cc2)nc1N1CCC(Cc2ccccc2)CC1. The number of hydrogen-bond acceptors (Lipinski definition) is 5. The molecule has 0 unspecified atom stereocenters. The number of amides is 1. The van der Waals surface area contributed by atoms with E-state index in [4.69, 9.17) is 9.72 Å². The third kappa shape index (κ3) is 5.85. The number of hydrogen-bond donors (Lipinski definition) is 1. The molecule has 2 fully saturated rings. The van der Waals surface area contributed by atoms with Gasteiger partial charge in [-0.1, -0.05) is 30.3 Å². The third-order valence-corrected chi connectivity index (χ3v) is 6.91. The lowest BCUT2D eigenvalue weighted by atomic mass is 9.90. The van der Waals surface area contributed by atoms with Gasteiger partial charge in [0.15, 0.2) is 5.82 Å². The molecule has 1 atom stereocenters. The molecular weight excluding hydrogens is 443 g/mol. The molecule has 3 aromatic rings. The number of anilines is 1. The Morgan fingerprint density at radius 2 is 1.83 bits per heavy atom. The molecule has 0 saturated carbocycles. The van der Waals surface area contributed by atoms with Crippen molar-refractivity contribution >= 4 is 11.7 Å². The Morgan fingerprint density at radius 3 is 2.54 bits per heavy atom.